The summed E-state index contributed by atoms with van der Waals surface area (Å²) in [6.07, 6.45) is 2.71. The molecule has 0 saturated carbocycles. The van der Waals surface area contributed by atoms with Crippen LogP contribution in [-0.4, -0.2) is 31.7 Å². The molecule has 0 radical (unpaired) electrons. The maximum absolute atomic E-state index is 11.0. The number of amides is 1. The first-order chi connectivity index (χ1) is 8.49. The summed E-state index contributed by atoms with van der Waals surface area (Å²) >= 11 is 0. The molecule has 2 aromatic rings. The maximum Gasteiger partial charge on any atom is 0.354 e. The molecule has 0 aromatic carbocycles. The van der Waals surface area contributed by atoms with E-state index in [4.69, 9.17) is 16.6 Å². The standard InChI is InChI=1S/C10H9N5O3/c11-6-4-15(14-8(6)9(12)16)5-1-2-7(10(17)18)13-3-5/h1-4H,11H2,(H2,12,16)(H,17,18). The van der Waals surface area contributed by atoms with Crippen LogP contribution in [0, 0.1) is 0 Å². The molecule has 0 bridgehead atoms. The van der Waals surface area contributed by atoms with Crippen LogP contribution in [0.1, 0.15) is 21.0 Å². The maximum atomic E-state index is 11.0. The van der Waals surface area contributed by atoms with Gasteiger partial charge in [0.1, 0.15) is 5.69 Å². The number of primary amides is 1. The van der Waals surface area contributed by atoms with Crippen LogP contribution in [0.25, 0.3) is 5.69 Å². The van der Waals surface area contributed by atoms with Crippen LogP contribution < -0.4 is 11.5 Å². The fraction of sp³-hybridized carbons (Fsp3) is 0. The molecule has 1 amide bonds. The third kappa shape index (κ3) is 1.98. The molecule has 18 heavy (non-hydrogen) atoms. The summed E-state index contributed by atoms with van der Waals surface area (Å²) in [5.41, 5.74) is 11.1. The molecule has 2 heterocycles. The zero-order valence-electron chi connectivity index (χ0n) is 9.07. The van der Waals surface area contributed by atoms with Crippen LogP contribution in [0.2, 0.25) is 0 Å². The molecular weight excluding hydrogens is 238 g/mol. The highest BCUT2D eigenvalue weighted by Crippen LogP contribution is 2.13. The summed E-state index contributed by atoms with van der Waals surface area (Å²) in [5.74, 6) is -1.86. The lowest BCUT2D eigenvalue weighted by Crippen LogP contribution is -2.14. The molecule has 8 nitrogen and oxygen atoms in total. The van der Waals surface area contributed by atoms with E-state index in [-0.39, 0.29) is 17.1 Å². The van der Waals surface area contributed by atoms with E-state index < -0.39 is 11.9 Å². The van der Waals surface area contributed by atoms with E-state index in [1.807, 2.05) is 0 Å². The number of nitrogens with two attached hydrogens (primary N) is 2. The number of pyridine rings is 1. The van der Waals surface area contributed by atoms with Gasteiger partial charge in [-0.2, -0.15) is 5.10 Å². The lowest BCUT2D eigenvalue weighted by molar-refractivity contribution is 0.0690. The summed E-state index contributed by atoms with van der Waals surface area (Å²) in [5, 5.41) is 12.6. The largest absolute Gasteiger partial charge is 0.477 e. The van der Waals surface area contributed by atoms with E-state index in [0.717, 1.165) is 0 Å². The van der Waals surface area contributed by atoms with Gasteiger partial charge in [0, 0.05) is 0 Å². The van der Waals surface area contributed by atoms with Gasteiger partial charge in [-0.3, -0.25) is 4.79 Å². The van der Waals surface area contributed by atoms with E-state index in [1.54, 1.807) is 0 Å². The number of carbonyl (C=O) groups excluding carboxylic acids is 1. The van der Waals surface area contributed by atoms with Crippen molar-refractivity contribution < 1.29 is 14.7 Å². The molecule has 0 spiro atoms. The van der Waals surface area contributed by atoms with Gasteiger partial charge < -0.3 is 16.6 Å². The molecule has 0 fully saturated rings. The first kappa shape index (κ1) is 11.6. The molecule has 0 unspecified atom stereocenters. The fourth-order valence-electron chi connectivity index (χ4n) is 1.36. The molecule has 0 aliphatic rings. The minimum atomic E-state index is -1.13. The van der Waals surface area contributed by atoms with Crippen molar-refractivity contribution in [3.8, 4) is 5.69 Å². The normalized spacial score (nSPS) is 10.2. The van der Waals surface area contributed by atoms with Crippen LogP contribution in [0.3, 0.4) is 0 Å². The number of anilines is 1. The second kappa shape index (κ2) is 4.17. The number of hydrogen-bond acceptors (Lipinski definition) is 5. The molecule has 0 aliphatic heterocycles. The van der Waals surface area contributed by atoms with Gasteiger partial charge in [0.25, 0.3) is 5.91 Å². The Morgan fingerprint density at radius 1 is 1.33 bits per heavy atom. The Morgan fingerprint density at radius 2 is 2.06 bits per heavy atom. The van der Waals surface area contributed by atoms with Gasteiger partial charge in [0.15, 0.2) is 5.69 Å². The second-order valence-corrected chi connectivity index (χ2v) is 3.45. The number of carboxylic acids is 1. The second-order valence-electron chi connectivity index (χ2n) is 3.45. The summed E-state index contributed by atoms with van der Waals surface area (Å²) in [7, 11) is 0. The van der Waals surface area contributed by atoms with Gasteiger partial charge in [0.2, 0.25) is 0 Å². The molecule has 8 heteroatoms. The number of carboxylic acid groups (broad SMARTS) is 1. The van der Waals surface area contributed by atoms with Crippen LogP contribution in [-0.2, 0) is 0 Å². The molecule has 0 saturated heterocycles. The summed E-state index contributed by atoms with van der Waals surface area (Å²) in [6, 6.07) is 2.81. The van der Waals surface area contributed by atoms with Gasteiger partial charge in [-0.25, -0.2) is 14.5 Å². The Labute approximate surface area is 101 Å². The van der Waals surface area contributed by atoms with Gasteiger partial charge in [-0.1, -0.05) is 0 Å². The highest BCUT2D eigenvalue weighted by atomic mass is 16.4. The van der Waals surface area contributed by atoms with Crippen LogP contribution >= 0.6 is 0 Å². The quantitative estimate of drug-likeness (QED) is 0.677. The Kier molecular flexibility index (Phi) is 2.68. The van der Waals surface area contributed by atoms with E-state index in [2.05, 4.69) is 10.1 Å². The van der Waals surface area contributed by atoms with Crippen molar-refractivity contribution in [2.75, 3.05) is 5.73 Å². The van der Waals surface area contributed by atoms with Gasteiger partial charge in [-0.15, -0.1) is 0 Å². The Bertz CT molecular complexity index is 617. The number of aromatic nitrogens is 3. The first-order valence-corrected chi connectivity index (χ1v) is 4.83. The Balaban J connectivity index is 2.40. The minimum Gasteiger partial charge on any atom is -0.477 e. The number of nitrogen functional groups attached to an aromatic ring is 1. The number of carbonyl (C=O) groups is 2. The molecule has 0 aliphatic carbocycles. The summed E-state index contributed by atoms with van der Waals surface area (Å²) in [6.45, 7) is 0. The molecule has 92 valence electrons. The highest BCUT2D eigenvalue weighted by molar-refractivity contribution is 5.95. The van der Waals surface area contributed by atoms with Crippen molar-refractivity contribution in [1.82, 2.24) is 14.8 Å². The minimum absolute atomic E-state index is 0.0442. The lowest BCUT2D eigenvalue weighted by Gasteiger charge is -2.00. The van der Waals surface area contributed by atoms with Crippen molar-refractivity contribution >= 4 is 17.6 Å². The van der Waals surface area contributed by atoms with Crippen LogP contribution in [0.15, 0.2) is 24.5 Å². The van der Waals surface area contributed by atoms with Crippen molar-refractivity contribution in [1.29, 1.82) is 0 Å². The third-order valence-electron chi connectivity index (χ3n) is 2.21. The average molecular weight is 247 g/mol. The smallest absolute Gasteiger partial charge is 0.354 e. The van der Waals surface area contributed by atoms with Crippen molar-refractivity contribution in [3.05, 3.63) is 35.9 Å². The van der Waals surface area contributed by atoms with Gasteiger partial charge >= 0.3 is 5.97 Å². The summed E-state index contributed by atoms with van der Waals surface area (Å²) < 4.78 is 1.30. The lowest BCUT2D eigenvalue weighted by atomic mass is 10.3. The number of hydrogen-bond donors (Lipinski definition) is 3. The van der Waals surface area contributed by atoms with E-state index >= 15 is 0 Å². The predicted octanol–water partition coefficient (Wildman–Crippen LogP) is -0.353. The Morgan fingerprint density at radius 3 is 2.50 bits per heavy atom. The van der Waals surface area contributed by atoms with E-state index in [1.165, 1.54) is 29.2 Å². The average Bonchev–Trinajstić information content (AvgIpc) is 2.71. The molecule has 2 aromatic heterocycles. The van der Waals surface area contributed by atoms with Crippen molar-refractivity contribution in [3.63, 3.8) is 0 Å². The number of aromatic carboxylic acids is 1. The van der Waals surface area contributed by atoms with Gasteiger partial charge in [0.05, 0.1) is 23.8 Å². The summed E-state index contributed by atoms with van der Waals surface area (Å²) in [4.78, 5) is 25.3. The van der Waals surface area contributed by atoms with E-state index in [0.29, 0.717) is 5.69 Å². The molecule has 0 atom stereocenters. The zero-order valence-corrected chi connectivity index (χ0v) is 9.07. The number of nitrogens with zero attached hydrogens (tertiary/aromatic N) is 3. The first-order valence-electron chi connectivity index (χ1n) is 4.83. The Hall–Kier alpha value is -2.90. The van der Waals surface area contributed by atoms with Crippen molar-refractivity contribution in [2.45, 2.75) is 0 Å². The molecular formula is C10H9N5O3. The van der Waals surface area contributed by atoms with Crippen molar-refractivity contribution in [2.24, 2.45) is 5.73 Å². The van der Waals surface area contributed by atoms with E-state index in [9.17, 15) is 9.59 Å². The fourth-order valence-corrected chi connectivity index (χ4v) is 1.36. The zero-order chi connectivity index (χ0) is 13.3. The van der Waals surface area contributed by atoms with Gasteiger partial charge in [-0.05, 0) is 12.1 Å². The monoisotopic (exact) mass is 247 g/mol. The number of rotatable bonds is 3. The van der Waals surface area contributed by atoms with Crippen LogP contribution in [0.5, 0.6) is 0 Å². The van der Waals surface area contributed by atoms with Crippen LogP contribution in [0.4, 0.5) is 5.69 Å². The third-order valence-corrected chi connectivity index (χ3v) is 2.21. The SMILES string of the molecule is NC(=O)c1nn(-c2ccc(C(=O)O)nc2)cc1N. The topological polar surface area (TPSA) is 137 Å². The molecule has 2 rings (SSSR count). The molecule has 5 N–H and O–H groups in total. The highest BCUT2D eigenvalue weighted by Gasteiger charge is 2.12. The predicted molar refractivity (Wildman–Crippen MR) is 61.2 cm³/mol.